The third-order valence-electron chi connectivity index (χ3n) is 2.98. The number of benzene rings is 1. The smallest absolute Gasteiger partial charge is 0.234 e. The van der Waals surface area contributed by atoms with Gasteiger partial charge < -0.3 is 4.74 Å². The fourth-order valence-electron chi connectivity index (χ4n) is 1.73. The molecule has 4 heteroatoms. The Hall–Kier alpha value is -1.55. The second kappa shape index (κ2) is 6.57. The summed E-state index contributed by atoms with van der Waals surface area (Å²) in [6.07, 6.45) is 0.992. The minimum Gasteiger partial charge on any atom is -0.491 e. The molecule has 0 aliphatic carbocycles. The zero-order chi connectivity index (χ0) is 14.5. The second-order valence-corrected chi connectivity index (χ2v) is 5.81. The minimum atomic E-state index is -0.168. The van der Waals surface area contributed by atoms with Crippen LogP contribution in [0.15, 0.2) is 24.3 Å². The first-order chi connectivity index (χ1) is 8.82. The molecular formula is C15H24N2O2. The fourth-order valence-corrected chi connectivity index (χ4v) is 1.73. The first-order valence-electron chi connectivity index (χ1n) is 6.59. The Kier molecular flexibility index (Phi) is 5.36. The van der Waals surface area contributed by atoms with Crippen molar-refractivity contribution in [1.82, 2.24) is 5.43 Å². The van der Waals surface area contributed by atoms with Gasteiger partial charge in [-0.3, -0.25) is 10.2 Å². The van der Waals surface area contributed by atoms with Crippen LogP contribution in [0.3, 0.4) is 0 Å². The Balaban J connectivity index is 2.59. The van der Waals surface area contributed by atoms with Gasteiger partial charge in [0.15, 0.2) is 0 Å². The molecule has 0 heterocycles. The molecule has 106 valence electrons. The lowest BCUT2D eigenvalue weighted by molar-refractivity contribution is -0.121. The van der Waals surface area contributed by atoms with Gasteiger partial charge in [0.05, 0.1) is 6.10 Å². The van der Waals surface area contributed by atoms with Gasteiger partial charge in [-0.15, -0.1) is 0 Å². The number of amides is 1. The van der Waals surface area contributed by atoms with E-state index >= 15 is 0 Å². The van der Waals surface area contributed by atoms with Crippen molar-refractivity contribution in [3.8, 4) is 5.75 Å². The van der Waals surface area contributed by atoms with E-state index in [1.54, 1.807) is 0 Å². The molecule has 0 aliphatic heterocycles. The van der Waals surface area contributed by atoms with Gasteiger partial charge in [-0.25, -0.2) is 5.84 Å². The van der Waals surface area contributed by atoms with Crippen LogP contribution in [0.2, 0.25) is 0 Å². The lowest BCUT2D eigenvalue weighted by Gasteiger charge is -2.21. The number of carbonyl (C=O) groups excluding carboxylic acids is 1. The zero-order valence-corrected chi connectivity index (χ0v) is 12.2. The predicted molar refractivity (Wildman–Crippen MR) is 76.8 cm³/mol. The van der Waals surface area contributed by atoms with Crippen LogP contribution in [-0.2, 0) is 10.2 Å². The third kappa shape index (κ3) is 5.30. The van der Waals surface area contributed by atoms with E-state index in [-0.39, 0.29) is 17.4 Å². The van der Waals surface area contributed by atoms with Gasteiger partial charge in [-0.05, 0) is 36.5 Å². The Morgan fingerprint density at radius 1 is 1.42 bits per heavy atom. The summed E-state index contributed by atoms with van der Waals surface area (Å²) in [4.78, 5) is 11.1. The van der Waals surface area contributed by atoms with E-state index in [0.29, 0.717) is 12.8 Å². The number of hydrogen-bond donors (Lipinski definition) is 2. The normalized spacial score (nSPS) is 12.9. The highest BCUT2D eigenvalue weighted by Gasteiger charge is 2.14. The largest absolute Gasteiger partial charge is 0.491 e. The van der Waals surface area contributed by atoms with Gasteiger partial charge in [0.25, 0.3) is 0 Å². The Morgan fingerprint density at radius 2 is 2.11 bits per heavy atom. The average Bonchev–Trinajstić information content (AvgIpc) is 2.35. The van der Waals surface area contributed by atoms with E-state index in [4.69, 9.17) is 10.6 Å². The highest BCUT2D eigenvalue weighted by Crippen LogP contribution is 2.26. The number of hydrazine groups is 1. The number of rotatable bonds is 5. The molecule has 0 radical (unpaired) electrons. The Morgan fingerprint density at radius 3 is 2.68 bits per heavy atom. The molecule has 0 bridgehead atoms. The zero-order valence-electron chi connectivity index (χ0n) is 12.2. The fraction of sp³-hybridized carbons (Fsp3) is 0.533. The maximum Gasteiger partial charge on any atom is 0.234 e. The molecule has 1 aromatic rings. The van der Waals surface area contributed by atoms with E-state index < -0.39 is 0 Å². The van der Waals surface area contributed by atoms with Gasteiger partial charge >= 0.3 is 0 Å². The standard InChI is InChI=1S/C15H24N2O2/c1-11(8-9-14(18)17-16)19-13-7-5-6-12(10-13)15(2,3)4/h5-7,10-11H,8-9,16H2,1-4H3,(H,17,18). The van der Waals surface area contributed by atoms with Crippen LogP contribution in [0.5, 0.6) is 5.75 Å². The summed E-state index contributed by atoms with van der Waals surface area (Å²) >= 11 is 0. The third-order valence-corrected chi connectivity index (χ3v) is 2.98. The van der Waals surface area contributed by atoms with Crippen molar-refractivity contribution in [1.29, 1.82) is 0 Å². The highest BCUT2D eigenvalue weighted by atomic mass is 16.5. The number of nitrogens with one attached hydrogen (secondary N) is 1. The molecule has 1 aromatic carbocycles. The highest BCUT2D eigenvalue weighted by molar-refractivity contribution is 5.75. The number of hydrogen-bond acceptors (Lipinski definition) is 3. The van der Waals surface area contributed by atoms with Gasteiger partial charge in [0.2, 0.25) is 5.91 Å². The van der Waals surface area contributed by atoms with Gasteiger partial charge in [0, 0.05) is 6.42 Å². The average molecular weight is 264 g/mol. The summed E-state index contributed by atoms with van der Waals surface area (Å²) < 4.78 is 5.82. The molecule has 1 rings (SSSR count). The monoisotopic (exact) mass is 264 g/mol. The summed E-state index contributed by atoms with van der Waals surface area (Å²) in [6.45, 7) is 8.46. The molecule has 0 saturated heterocycles. The van der Waals surface area contributed by atoms with Crippen LogP contribution in [0.1, 0.15) is 46.1 Å². The van der Waals surface area contributed by atoms with Crippen molar-refractivity contribution >= 4 is 5.91 Å². The topological polar surface area (TPSA) is 64.4 Å². The molecule has 0 saturated carbocycles. The van der Waals surface area contributed by atoms with Crippen LogP contribution in [0, 0.1) is 0 Å². The van der Waals surface area contributed by atoms with Crippen molar-refractivity contribution in [2.75, 3.05) is 0 Å². The lowest BCUT2D eigenvalue weighted by Crippen LogP contribution is -2.30. The summed E-state index contributed by atoms with van der Waals surface area (Å²) in [7, 11) is 0. The van der Waals surface area contributed by atoms with Gasteiger partial charge in [-0.2, -0.15) is 0 Å². The van der Waals surface area contributed by atoms with Crippen molar-refractivity contribution < 1.29 is 9.53 Å². The number of nitrogens with two attached hydrogens (primary N) is 1. The molecule has 4 nitrogen and oxygen atoms in total. The molecule has 1 amide bonds. The molecule has 0 fully saturated rings. The van der Waals surface area contributed by atoms with E-state index in [1.165, 1.54) is 5.56 Å². The van der Waals surface area contributed by atoms with Crippen LogP contribution in [0.25, 0.3) is 0 Å². The minimum absolute atomic E-state index is 0.0208. The molecule has 3 N–H and O–H groups in total. The number of carbonyl (C=O) groups is 1. The Bertz CT molecular complexity index is 424. The van der Waals surface area contributed by atoms with Crippen molar-refractivity contribution in [3.05, 3.63) is 29.8 Å². The molecular weight excluding hydrogens is 240 g/mol. The molecule has 0 aromatic heterocycles. The molecule has 19 heavy (non-hydrogen) atoms. The summed E-state index contributed by atoms with van der Waals surface area (Å²) in [6, 6.07) is 8.09. The predicted octanol–water partition coefficient (Wildman–Crippen LogP) is 2.52. The SMILES string of the molecule is CC(CCC(=O)NN)Oc1cccc(C(C)(C)C)c1. The number of ether oxygens (including phenoxy) is 1. The first kappa shape index (κ1) is 15.5. The van der Waals surface area contributed by atoms with Crippen molar-refractivity contribution in [2.24, 2.45) is 5.84 Å². The van der Waals surface area contributed by atoms with E-state index in [1.807, 2.05) is 19.1 Å². The van der Waals surface area contributed by atoms with Crippen LogP contribution in [0.4, 0.5) is 0 Å². The first-order valence-corrected chi connectivity index (χ1v) is 6.59. The van der Waals surface area contributed by atoms with Crippen molar-refractivity contribution in [2.45, 2.75) is 52.1 Å². The van der Waals surface area contributed by atoms with Crippen LogP contribution in [-0.4, -0.2) is 12.0 Å². The van der Waals surface area contributed by atoms with Gasteiger partial charge in [-0.1, -0.05) is 32.9 Å². The van der Waals surface area contributed by atoms with Crippen LogP contribution < -0.4 is 16.0 Å². The van der Waals surface area contributed by atoms with Crippen molar-refractivity contribution in [3.63, 3.8) is 0 Å². The Labute approximate surface area is 115 Å². The maximum absolute atomic E-state index is 11.1. The lowest BCUT2D eigenvalue weighted by atomic mass is 9.87. The molecule has 1 atom stereocenters. The van der Waals surface area contributed by atoms with E-state index in [0.717, 1.165) is 5.75 Å². The van der Waals surface area contributed by atoms with Crippen LogP contribution >= 0.6 is 0 Å². The summed E-state index contributed by atoms with van der Waals surface area (Å²) in [5.74, 6) is 5.71. The molecule has 0 spiro atoms. The molecule has 0 aliphatic rings. The second-order valence-electron chi connectivity index (χ2n) is 5.81. The van der Waals surface area contributed by atoms with Gasteiger partial charge in [0.1, 0.15) is 5.75 Å². The quantitative estimate of drug-likeness (QED) is 0.488. The van der Waals surface area contributed by atoms with E-state index in [2.05, 4.69) is 38.3 Å². The van der Waals surface area contributed by atoms with E-state index in [9.17, 15) is 4.79 Å². The summed E-state index contributed by atoms with van der Waals surface area (Å²) in [5.41, 5.74) is 3.45. The molecule has 1 unspecified atom stereocenters. The summed E-state index contributed by atoms with van der Waals surface area (Å²) in [5, 5.41) is 0. The maximum atomic E-state index is 11.1.